The number of benzene rings is 3. The Morgan fingerprint density at radius 1 is 1.03 bits per heavy atom. The van der Waals surface area contributed by atoms with Gasteiger partial charge in [-0.3, -0.25) is 14.4 Å². The number of methoxy groups -OCH3 is 1. The Hall–Kier alpha value is -3.84. The number of nitrogens with zero attached hydrogens (tertiary/aromatic N) is 2. The molecule has 1 aliphatic heterocycles. The molecule has 0 saturated heterocycles. The van der Waals surface area contributed by atoms with Crippen LogP contribution >= 0.6 is 11.6 Å². The second-order valence-corrected chi connectivity index (χ2v) is 10.2. The first-order valence-electron chi connectivity index (χ1n) is 13.0. The number of halogens is 1. The third-order valence-electron chi connectivity index (χ3n) is 7.06. The number of hydrogen-bond donors (Lipinski definition) is 0. The molecule has 0 N–H and O–H groups in total. The van der Waals surface area contributed by atoms with E-state index in [1.165, 1.54) is 7.11 Å². The van der Waals surface area contributed by atoms with Crippen molar-refractivity contribution in [1.29, 1.82) is 0 Å². The highest BCUT2D eigenvalue weighted by atomic mass is 35.5. The van der Waals surface area contributed by atoms with Crippen molar-refractivity contribution in [3.63, 3.8) is 0 Å². The van der Waals surface area contributed by atoms with E-state index in [0.29, 0.717) is 35.8 Å². The lowest BCUT2D eigenvalue weighted by atomic mass is 9.89. The Morgan fingerprint density at radius 2 is 1.69 bits per heavy atom. The van der Waals surface area contributed by atoms with Gasteiger partial charge in [0.25, 0.3) is 5.91 Å². The maximum absolute atomic E-state index is 13.8. The predicted molar refractivity (Wildman–Crippen MR) is 152 cm³/mol. The summed E-state index contributed by atoms with van der Waals surface area (Å²) in [6, 6.07) is 21.6. The Kier molecular flexibility index (Phi) is 8.92. The van der Waals surface area contributed by atoms with Crippen molar-refractivity contribution >= 4 is 40.8 Å². The average molecular weight is 549 g/mol. The zero-order valence-electron chi connectivity index (χ0n) is 22.6. The molecule has 0 aromatic heterocycles. The number of rotatable bonds is 8. The lowest BCUT2D eigenvalue weighted by Crippen LogP contribution is -2.47. The van der Waals surface area contributed by atoms with Crippen LogP contribution in [0.5, 0.6) is 5.75 Å². The zero-order valence-corrected chi connectivity index (χ0v) is 23.4. The number of ether oxygens (including phenoxy) is 2. The van der Waals surface area contributed by atoms with Gasteiger partial charge in [-0.2, -0.15) is 0 Å². The molecule has 0 aliphatic carbocycles. The molecule has 3 aromatic carbocycles. The number of carbonyl (C=O) groups excluding carboxylic acids is 3. The second kappa shape index (κ2) is 12.3. The summed E-state index contributed by atoms with van der Waals surface area (Å²) < 4.78 is 10.5. The van der Waals surface area contributed by atoms with E-state index in [1.807, 2.05) is 43.3 Å². The number of para-hydroxylation sites is 1. The van der Waals surface area contributed by atoms with Gasteiger partial charge < -0.3 is 19.3 Å². The lowest BCUT2D eigenvalue weighted by Gasteiger charge is -2.43. The molecule has 39 heavy (non-hydrogen) atoms. The monoisotopic (exact) mass is 548 g/mol. The minimum atomic E-state index is -0.266. The highest BCUT2D eigenvalue weighted by Gasteiger charge is 2.38. The van der Waals surface area contributed by atoms with Gasteiger partial charge in [-0.05, 0) is 79.9 Å². The SMILES string of the molecule is COC(=O)C(C)CCOc1ccc(C(=O)N2c3ccccc3[C@H](N(C(C)=O)c3ccc(Cl)cc3)C[C@@H]2C)cc1. The van der Waals surface area contributed by atoms with Crippen molar-refractivity contribution in [2.45, 2.75) is 45.7 Å². The molecule has 0 saturated carbocycles. The van der Waals surface area contributed by atoms with Gasteiger partial charge in [0.05, 0.1) is 25.7 Å². The number of hydrogen-bond acceptors (Lipinski definition) is 5. The number of anilines is 2. The number of carbonyl (C=O) groups is 3. The first kappa shape index (κ1) is 28.2. The maximum Gasteiger partial charge on any atom is 0.308 e. The fourth-order valence-corrected chi connectivity index (χ4v) is 5.15. The summed E-state index contributed by atoms with van der Waals surface area (Å²) in [6.07, 6.45) is 1.11. The van der Waals surface area contributed by atoms with Crippen LogP contribution in [-0.4, -0.2) is 37.5 Å². The molecule has 204 valence electrons. The van der Waals surface area contributed by atoms with E-state index in [4.69, 9.17) is 21.1 Å². The highest BCUT2D eigenvalue weighted by Crippen LogP contribution is 2.43. The van der Waals surface area contributed by atoms with Gasteiger partial charge in [-0.1, -0.05) is 36.7 Å². The molecule has 0 bridgehead atoms. The van der Waals surface area contributed by atoms with Crippen LogP contribution in [0.4, 0.5) is 11.4 Å². The van der Waals surface area contributed by atoms with Gasteiger partial charge in [0, 0.05) is 34.9 Å². The molecule has 0 radical (unpaired) electrons. The summed E-state index contributed by atoms with van der Waals surface area (Å²) in [6.45, 7) is 5.71. The number of amides is 2. The molecule has 3 atom stereocenters. The van der Waals surface area contributed by atoms with Crippen molar-refractivity contribution in [3.05, 3.63) is 88.9 Å². The minimum Gasteiger partial charge on any atom is -0.494 e. The Bertz CT molecular complexity index is 1330. The third kappa shape index (κ3) is 6.25. The van der Waals surface area contributed by atoms with Crippen LogP contribution in [-0.2, 0) is 14.3 Å². The summed E-state index contributed by atoms with van der Waals surface area (Å²) in [5, 5.41) is 0.601. The summed E-state index contributed by atoms with van der Waals surface area (Å²) in [7, 11) is 1.37. The molecule has 1 heterocycles. The molecule has 4 rings (SSSR count). The van der Waals surface area contributed by atoms with Crippen LogP contribution in [0.15, 0.2) is 72.8 Å². The topological polar surface area (TPSA) is 76.2 Å². The fraction of sp³-hybridized carbons (Fsp3) is 0.323. The van der Waals surface area contributed by atoms with E-state index >= 15 is 0 Å². The Balaban J connectivity index is 1.55. The van der Waals surface area contributed by atoms with E-state index in [9.17, 15) is 14.4 Å². The smallest absolute Gasteiger partial charge is 0.308 e. The van der Waals surface area contributed by atoms with Gasteiger partial charge in [-0.25, -0.2) is 0 Å². The van der Waals surface area contributed by atoms with Crippen molar-refractivity contribution in [1.82, 2.24) is 0 Å². The maximum atomic E-state index is 13.8. The highest BCUT2D eigenvalue weighted by molar-refractivity contribution is 6.30. The van der Waals surface area contributed by atoms with Crippen molar-refractivity contribution in [2.24, 2.45) is 5.92 Å². The molecule has 0 fully saturated rings. The largest absolute Gasteiger partial charge is 0.494 e. The molecule has 7 nitrogen and oxygen atoms in total. The first-order chi connectivity index (χ1) is 18.7. The van der Waals surface area contributed by atoms with Crippen LogP contribution in [0.1, 0.15) is 55.6 Å². The van der Waals surface area contributed by atoms with Crippen LogP contribution in [0.3, 0.4) is 0 Å². The van der Waals surface area contributed by atoms with Gasteiger partial charge in [0.2, 0.25) is 5.91 Å². The quantitative estimate of drug-likeness (QED) is 0.302. The summed E-state index contributed by atoms with van der Waals surface area (Å²) in [5.41, 5.74) is 2.99. The number of esters is 1. The molecular weight excluding hydrogens is 516 g/mol. The van der Waals surface area contributed by atoms with E-state index in [1.54, 1.807) is 60.0 Å². The van der Waals surface area contributed by atoms with Gasteiger partial charge in [0.15, 0.2) is 0 Å². The molecule has 1 unspecified atom stereocenters. The van der Waals surface area contributed by atoms with E-state index < -0.39 is 0 Å². The summed E-state index contributed by atoms with van der Waals surface area (Å²) >= 11 is 6.09. The lowest BCUT2D eigenvalue weighted by molar-refractivity contribution is -0.145. The normalized spacial score (nSPS) is 17.1. The summed E-state index contributed by atoms with van der Waals surface area (Å²) in [4.78, 5) is 41.8. The van der Waals surface area contributed by atoms with Crippen LogP contribution in [0.2, 0.25) is 5.02 Å². The Morgan fingerprint density at radius 3 is 2.33 bits per heavy atom. The zero-order chi connectivity index (χ0) is 28.1. The minimum absolute atomic E-state index is 0.0827. The molecule has 8 heteroatoms. The fourth-order valence-electron chi connectivity index (χ4n) is 5.02. The van der Waals surface area contributed by atoms with Crippen molar-refractivity contribution < 1.29 is 23.9 Å². The summed E-state index contributed by atoms with van der Waals surface area (Å²) in [5.74, 6) is -0.104. The Labute approximate surface area is 234 Å². The van der Waals surface area contributed by atoms with E-state index in [-0.39, 0.29) is 35.8 Å². The van der Waals surface area contributed by atoms with Crippen molar-refractivity contribution in [3.8, 4) is 5.75 Å². The molecule has 1 aliphatic rings. The molecule has 2 amide bonds. The van der Waals surface area contributed by atoms with Crippen LogP contribution < -0.4 is 14.5 Å². The third-order valence-corrected chi connectivity index (χ3v) is 7.31. The second-order valence-electron chi connectivity index (χ2n) is 9.79. The average Bonchev–Trinajstić information content (AvgIpc) is 2.93. The molecule has 0 spiro atoms. The van der Waals surface area contributed by atoms with Gasteiger partial charge >= 0.3 is 5.97 Å². The predicted octanol–water partition coefficient (Wildman–Crippen LogP) is 6.45. The molecule has 3 aromatic rings. The van der Waals surface area contributed by atoms with E-state index in [2.05, 4.69) is 0 Å². The number of fused-ring (bicyclic) bond motifs is 1. The standard InChI is InChI=1S/C31H33ClN2O5/c1-20(31(37)38-4)17-18-39-26-15-9-23(10-16-26)30(36)33-21(2)19-29(27-7-5-6-8-28(27)33)34(22(3)35)25-13-11-24(32)12-14-25/h5-16,20-21,29H,17-19H2,1-4H3/t20?,21-,29+/m0/s1. The van der Waals surface area contributed by atoms with Crippen LogP contribution in [0, 0.1) is 5.92 Å². The van der Waals surface area contributed by atoms with Crippen molar-refractivity contribution in [2.75, 3.05) is 23.5 Å². The van der Waals surface area contributed by atoms with Gasteiger partial charge in [-0.15, -0.1) is 0 Å². The first-order valence-corrected chi connectivity index (χ1v) is 13.4. The van der Waals surface area contributed by atoms with Crippen LogP contribution in [0.25, 0.3) is 0 Å². The molecular formula is C31H33ClN2O5. The van der Waals surface area contributed by atoms with E-state index in [0.717, 1.165) is 16.9 Å². The van der Waals surface area contributed by atoms with Gasteiger partial charge in [0.1, 0.15) is 5.75 Å².